The molecule has 0 unspecified atom stereocenters. The highest BCUT2D eigenvalue weighted by molar-refractivity contribution is 7.99. The number of aromatic nitrogens is 4. The topological polar surface area (TPSA) is 81.9 Å². The van der Waals surface area contributed by atoms with E-state index in [1.807, 2.05) is 43.5 Å². The number of thiazole rings is 1. The zero-order valence-corrected chi connectivity index (χ0v) is 15.9. The molecule has 0 aliphatic carbocycles. The standard InChI is InChI=1S/C16H19N5O2S2/c1-4-23-11-5-6-12-13(7-11)25-15(18-12)19-14(22)8-24-16-20-17-9-21(16)10(2)3/h5-7,9-10H,4,8H2,1-3H3,(H,18,19,22). The van der Waals surface area contributed by atoms with Crippen molar-refractivity contribution >= 4 is 44.4 Å². The van der Waals surface area contributed by atoms with Gasteiger partial charge in [-0.2, -0.15) is 0 Å². The summed E-state index contributed by atoms with van der Waals surface area (Å²) in [4.78, 5) is 16.6. The molecule has 0 spiro atoms. The monoisotopic (exact) mass is 377 g/mol. The van der Waals surface area contributed by atoms with E-state index in [1.165, 1.54) is 23.1 Å². The molecular weight excluding hydrogens is 358 g/mol. The van der Waals surface area contributed by atoms with E-state index in [0.717, 1.165) is 21.1 Å². The minimum atomic E-state index is -0.118. The molecule has 0 aliphatic rings. The molecule has 9 heteroatoms. The Kier molecular flexibility index (Phi) is 5.54. The summed E-state index contributed by atoms with van der Waals surface area (Å²) in [7, 11) is 0. The molecule has 0 atom stereocenters. The summed E-state index contributed by atoms with van der Waals surface area (Å²) in [6, 6.07) is 5.97. The summed E-state index contributed by atoms with van der Waals surface area (Å²) in [5.41, 5.74) is 0.843. The number of ether oxygens (including phenoxy) is 1. The van der Waals surface area contributed by atoms with Crippen molar-refractivity contribution in [2.75, 3.05) is 17.7 Å². The Labute approximate surface area is 153 Å². The van der Waals surface area contributed by atoms with Gasteiger partial charge in [0, 0.05) is 6.04 Å². The Balaban J connectivity index is 1.62. The number of fused-ring (bicyclic) bond motifs is 1. The van der Waals surface area contributed by atoms with Gasteiger partial charge >= 0.3 is 0 Å². The fraction of sp³-hybridized carbons (Fsp3) is 0.375. The molecule has 0 aliphatic heterocycles. The molecule has 0 bridgehead atoms. The summed E-state index contributed by atoms with van der Waals surface area (Å²) in [6.45, 7) is 6.66. The van der Waals surface area contributed by atoms with Crippen molar-refractivity contribution in [1.29, 1.82) is 0 Å². The van der Waals surface area contributed by atoms with Crippen molar-refractivity contribution in [3.05, 3.63) is 24.5 Å². The molecule has 1 amide bonds. The molecule has 1 N–H and O–H groups in total. The van der Waals surface area contributed by atoms with Crippen LogP contribution in [0.2, 0.25) is 0 Å². The van der Waals surface area contributed by atoms with Gasteiger partial charge in [0.25, 0.3) is 0 Å². The van der Waals surface area contributed by atoms with Crippen LogP contribution in [-0.2, 0) is 4.79 Å². The van der Waals surface area contributed by atoms with Gasteiger partial charge in [0.15, 0.2) is 10.3 Å². The van der Waals surface area contributed by atoms with Crippen LogP contribution in [0.1, 0.15) is 26.8 Å². The zero-order valence-electron chi connectivity index (χ0n) is 14.2. The number of amides is 1. The number of hydrogen-bond acceptors (Lipinski definition) is 7. The SMILES string of the molecule is CCOc1ccc2nc(NC(=O)CSc3nncn3C(C)C)sc2c1. The predicted octanol–water partition coefficient (Wildman–Crippen LogP) is 3.60. The highest BCUT2D eigenvalue weighted by atomic mass is 32.2. The van der Waals surface area contributed by atoms with E-state index in [1.54, 1.807) is 6.33 Å². The first-order valence-electron chi connectivity index (χ1n) is 7.92. The van der Waals surface area contributed by atoms with E-state index >= 15 is 0 Å². The van der Waals surface area contributed by atoms with Gasteiger partial charge in [0.1, 0.15) is 12.1 Å². The molecule has 2 heterocycles. The molecule has 2 aromatic heterocycles. The van der Waals surface area contributed by atoms with E-state index < -0.39 is 0 Å². The maximum atomic E-state index is 12.2. The van der Waals surface area contributed by atoms with Gasteiger partial charge < -0.3 is 14.6 Å². The number of thioether (sulfide) groups is 1. The first-order valence-corrected chi connectivity index (χ1v) is 9.72. The van der Waals surface area contributed by atoms with E-state index in [9.17, 15) is 4.79 Å². The Morgan fingerprint density at radius 3 is 3.04 bits per heavy atom. The maximum absolute atomic E-state index is 12.2. The summed E-state index contributed by atoms with van der Waals surface area (Å²) >= 11 is 2.79. The molecule has 0 saturated carbocycles. The number of nitrogens with one attached hydrogen (secondary N) is 1. The van der Waals surface area contributed by atoms with Crippen LogP contribution in [0.3, 0.4) is 0 Å². The molecule has 7 nitrogen and oxygen atoms in total. The zero-order chi connectivity index (χ0) is 17.8. The van der Waals surface area contributed by atoms with Crippen LogP contribution in [0.5, 0.6) is 5.75 Å². The Bertz CT molecular complexity index is 874. The van der Waals surface area contributed by atoms with Crippen LogP contribution < -0.4 is 10.1 Å². The molecule has 3 aromatic rings. The molecule has 3 rings (SSSR count). The quantitative estimate of drug-likeness (QED) is 0.634. The summed E-state index contributed by atoms with van der Waals surface area (Å²) < 4.78 is 8.40. The number of carbonyl (C=O) groups is 1. The van der Waals surface area contributed by atoms with E-state index in [4.69, 9.17) is 4.74 Å². The third-order valence-corrected chi connectivity index (χ3v) is 5.24. The second kappa shape index (κ2) is 7.83. The van der Waals surface area contributed by atoms with Crippen LogP contribution in [-0.4, -0.2) is 38.0 Å². The molecule has 132 valence electrons. The number of rotatable bonds is 7. The normalized spacial score (nSPS) is 11.2. The molecule has 0 radical (unpaired) electrons. The number of benzene rings is 1. The molecule has 0 fully saturated rings. The average Bonchev–Trinajstić information content (AvgIpc) is 3.18. The van der Waals surface area contributed by atoms with Gasteiger partial charge in [0.2, 0.25) is 5.91 Å². The third kappa shape index (κ3) is 4.29. The van der Waals surface area contributed by atoms with Crippen LogP contribution >= 0.6 is 23.1 Å². The lowest BCUT2D eigenvalue weighted by atomic mass is 10.3. The van der Waals surface area contributed by atoms with Gasteiger partial charge in [-0.25, -0.2) is 4.98 Å². The van der Waals surface area contributed by atoms with E-state index in [2.05, 4.69) is 20.5 Å². The van der Waals surface area contributed by atoms with Crippen LogP contribution in [0.25, 0.3) is 10.2 Å². The number of carbonyl (C=O) groups excluding carboxylic acids is 1. The highest BCUT2D eigenvalue weighted by Crippen LogP contribution is 2.29. The van der Waals surface area contributed by atoms with Gasteiger partial charge in [-0.05, 0) is 39.0 Å². The van der Waals surface area contributed by atoms with Crippen molar-refractivity contribution in [1.82, 2.24) is 19.7 Å². The van der Waals surface area contributed by atoms with Gasteiger partial charge in [-0.1, -0.05) is 23.1 Å². The first kappa shape index (κ1) is 17.7. The summed E-state index contributed by atoms with van der Waals surface area (Å²) in [5.74, 6) is 0.943. The number of nitrogens with zero attached hydrogens (tertiary/aromatic N) is 4. The molecule has 0 saturated heterocycles. The number of hydrogen-bond donors (Lipinski definition) is 1. The summed E-state index contributed by atoms with van der Waals surface area (Å²) in [5, 5.41) is 12.1. The van der Waals surface area contributed by atoms with Crippen LogP contribution in [0.15, 0.2) is 29.7 Å². The minimum absolute atomic E-state index is 0.118. The fourth-order valence-corrected chi connectivity index (χ4v) is 3.94. The Morgan fingerprint density at radius 1 is 1.44 bits per heavy atom. The van der Waals surface area contributed by atoms with Crippen LogP contribution in [0, 0.1) is 0 Å². The lowest BCUT2D eigenvalue weighted by molar-refractivity contribution is -0.113. The van der Waals surface area contributed by atoms with Gasteiger partial charge in [0.05, 0.1) is 22.6 Å². The van der Waals surface area contributed by atoms with E-state index in [0.29, 0.717) is 11.7 Å². The minimum Gasteiger partial charge on any atom is -0.494 e. The molecular formula is C16H19N5O2S2. The van der Waals surface area contributed by atoms with Crippen molar-refractivity contribution in [3.63, 3.8) is 0 Å². The van der Waals surface area contributed by atoms with E-state index in [-0.39, 0.29) is 17.7 Å². The van der Waals surface area contributed by atoms with Crippen LogP contribution in [0.4, 0.5) is 5.13 Å². The third-order valence-electron chi connectivity index (χ3n) is 3.35. The second-order valence-electron chi connectivity index (χ2n) is 5.53. The van der Waals surface area contributed by atoms with Gasteiger partial charge in [-0.15, -0.1) is 10.2 Å². The van der Waals surface area contributed by atoms with Crippen molar-refractivity contribution < 1.29 is 9.53 Å². The first-order chi connectivity index (χ1) is 12.1. The average molecular weight is 377 g/mol. The summed E-state index contributed by atoms with van der Waals surface area (Å²) in [6.07, 6.45) is 1.68. The Morgan fingerprint density at radius 2 is 2.28 bits per heavy atom. The highest BCUT2D eigenvalue weighted by Gasteiger charge is 2.12. The predicted molar refractivity (Wildman–Crippen MR) is 101 cm³/mol. The van der Waals surface area contributed by atoms with Crippen molar-refractivity contribution in [2.45, 2.75) is 32.0 Å². The second-order valence-corrected chi connectivity index (χ2v) is 7.51. The van der Waals surface area contributed by atoms with Crippen molar-refractivity contribution in [2.24, 2.45) is 0 Å². The van der Waals surface area contributed by atoms with Crippen molar-refractivity contribution in [3.8, 4) is 5.75 Å². The molecule has 25 heavy (non-hydrogen) atoms. The Hall–Kier alpha value is -2.13. The van der Waals surface area contributed by atoms with Gasteiger partial charge in [-0.3, -0.25) is 4.79 Å². The number of anilines is 1. The smallest absolute Gasteiger partial charge is 0.236 e. The lowest BCUT2D eigenvalue weighted by Gasteiger charge is -2.08. The maximum Gasteiger partial charge on any atom is 0.236 e. The fourth-order valence-electron chi connectivity index (χ4n) is 2.19. The lowest BCUT2D eigenvalue weighted by Crippen LogP contribution is -2.14. The largest absolute Gasteiger partial charge is 0.494 e. The molecule has 1 aromatic carbocycles.